The zero-order valence-electron chi connectivity index (χ0n) is 36.1. The van der Waals surface area contributed by atoms with Gasteiger partial charge in [0.1, 0.15) is 0 Å². The molecule has 3 saturated carbocycles. The van der Waals surface area contributed by atoms with Gasteiger partial charge in [-0.3, -0.25) is 4.57 Å². The van der Waals surface area contributed by atoms with Crippen LogP contribution in [0, 0.1) is 46.3 Å². The average Bonchev–Trinajstić information content (AvgIpc) is 3.46. The Morgan fingerprint density at radius 3 is 2.02 bits per heavy atom. The summed E-state index contributed by atoms with van der Waals surface area (Å²) < 4.78 is 29.6. The Bertz CT molecular complexity index is 1080. The van der Waals surface area contributed by atoms with Gasteiger partial charge in [-0.15, -0.1) is 0 Å². The zero-order valence-corrected chi connectivity index (χ0v) is 37.0. The number of hydrogen-bond donors (Lipinski definition) is 0. The summed E-state index contributed by atoms with van der Waals surface area (Å²) in [6.45, 7) is 16.1. The standard InChI is InChI=1S/C46H85O5P.Li/c1-7-8-9-10-11-12-13-14-15-16-17-18-19-20-33-49-34-22-35-50-52(47,48)51-40-29-31-45(5)39(36-40)25-26-41-43-28-27-42(38(4)24-21-23-37(2)3)46(43,6)32-30-44(41)45;/h25,37-38,40-44H,7-24,26-36H2,1-6H3,(H,47,48);/q;+1/p-1/t38-,40+,41+,42-,43+,44+,45+,46-;/m1./s1. The number of allylic oxidation sites excluding steroid dienone is 1. The van der Waals surface area contributed by atoms with Crippen LogP contribution in [0.5, 0.6) is 0 Å². The van der Waals surface area contributed by atoms with Gasteiger partial charge in [0.25, 0.3) is 7.82 Å². The molecule has 0 aromatic rings. The second-order valence-corrected chi connectivity index (χ2v) is 20.5. The predicted octanol–water partition coefficient (Wildman–Crippen LogP) is 10.8. The number of rotatable bonds is 27. The summed E-state index contributed by atoms with van der Waals surface area (Å²) in [6, 6.07) is 0. The fourth-order valence-corrected chi connectivity index (χ4v) is 12.8. The van der Waals surface area contributed by atoms with Crippen molar-refractivity contribution in [3.8, 4) is 0 Å². The van der Waals surface area contributed by atoms with Gasteiger partial charge in [-0.25, -0.2) is 0 Å². The number of fused-ring (bicyclic) bond motifs is 5. The summed E-state index contributed by atoms with van der Waals surface area (Å²) in [7, 11) is -4.34. The van der Waals surface area contributed by atoms with Crippen LogP contribution in [-0.2, 0) is 18.3 Å². The molecule has 3 fully saturated rings. The third kappa shape index (κ3) is 14.6. The van der Waals surface area contributed by atoms with E-state index in [0.29, 0.717) is 18.4 Å². The molecule has 0 spiro atoms. The Balaban J connectivity index is 0.00000756. The molecule has 0 bridgehead atoms. The summed E-state index contributed by atoms with van der Waals surface area (Å²) in [4.78, 5) is 12.8. The molecule has 0 aromatic heterocycles. The van der Waals surface area contributed by atoms with Crippen LogP contribution >= 0.6 is 7.82 Å². The first-order chi connectivity index (χ1) is 25.0. The van der Waals surface area contributed by atoms with Crippen molar-refractivity contribution in [1.29, 1.82) is 0 Å². The van der Waals surface area contributed by atoms with Crippen molar-refractivity contribution in [3.63, 3.8) is 0 Å². The summed E-state index contributed by atoms with van der Waals surface area (Å²) >= 11 is 0. The van der Waals surface area contributed by atoms with E-state index in [1.165, 1.54) is 140 Å². The average molecular weight is 755 g/mol. The quantitative estimate of drug-likeness (QED) is 0.0362. The molecule has 7 heteroatoms. The molecule has 0 aliphatic heterocycles. The molecule has 4 rings (SSSR count). The van der Waals surface area contributed by atoms with Crippen LogP contribution in [0.25, 0.3) is 0 Å². The monoisotopic (exact) mass is 755 g/mol. The van der Waals surface area contributed by atoms with Gasteiger partial charge in [0.15, 0.2) is 0 Å². The van der Waals surface area contributed by atoms with Gasteiger partial charge in [0.2, 0.25) is 0 Å². The van der Waals surface area contributed by atoms with Gasteiger partial charge >= 0.3 is 18.9 Å². The molecule has 0 heterocycles. The van der Waals surface area contributed by atoms with Gasteiger partial charge in [-0.2, -0.15) is 0 Å². The van der Waals surface area contributed by atoms with Gasteiger partial charge < -0.3 is 18.7 Å². The number of ether oxygens (including phenoxy) is 1. The summed E-state index contributed by atoms with van der Waals surface area (Å²) in [5.41, 5.74) is 2.13. The first-order valence-electron chi connectivity index (χ1n) is 22.9. The molecule has 4 aliphatic carbocycles. The summed E-state index contributed by atoms with van der Waals surface area (Å²) in [5, 5.41) is 0. The summed E-state index contributed by atoms with van der Waals surface area (Å²) in [5.74, 6) is 4.86. The van der Waals surface area contributed by atoms with Crippen molar-refractivity contribution >= 4 is 7.82 Å². The molecule has 0 saturated heterocycles. The van der Waals surface area contributed by atoms with E-state index in [0.717, 1.165) is 67.8 Å². The van der Waals surface area contributed by atoms with E-state index in [-0.39, 0.29) is 37.0 Å². The maximum atomic E-state index is 12.8. The maximum Gasteiger partial charge on any atom is 1.00 e. The minimum Gasteiger partial charge on any atom is -0.756 e. The molecule has 1 unspecified atom stereocenters. The van der Waals surface area contributed by atoms with Gasteiger partial charge in [0.05, 0.1) is 12.7 Å². The first kappa shape index (κ1) is 47.8. The third-order valence-corrected chi connectivity index (χ3v) is 15.9. The first-order valence-corrected chi connectivity index (χ1v) is 24.4. The van der Waals surface area contributed by atoms with E-state index in [1.54, 1.807) is 0 Å². The predicted molar refractivity (Wildman–Crippen MR) is 217 cm³/mol. The van der Waals surface area contributed by atoms with Crippen molar-refractivity contribution in [2.45, 2.75) is 215 Å². The Morgan fingerprint density at radius 1 is 0.755 bits per heavy atom. The van der Waals surface area contributed by atoms with Crippen molar-refractivity contribution in [3.05, 3.63) is 11.6 Å². The van der Waals surface area contributed by atoms with E-state index in [1.807, 2.05) is 0 Å². The van der Waals surface area contributed by atoms with E-state index in [9.17, 15) is 9.46 Å². The van der Waals surface area contributed by atoms with Crippen LogP contribution in [-0.4, -0.2) is 25.9 Å². The van der Waals surface area contributed by atoms with Crippen LogP contribution in [0.3, 0.4) is 0 Å². The number of phosphoric acid groups is 1. The second-order valence-electron chi connectivity index (χ2n) is 19.1. The van der Waals surface area contributed by atoms with Crippen LogP contribution in [0.1, 0.15) is 208 Å². The van der Waals surface area contributed by atoms with E-state index in [2.05, 4.69) is 47.6 Å². The van der Waals surface area contributed by atoms with Crippen molar-refractivity contribution in [2.24, 2.45) is 46.3 Å². The van der Waals surface area contributed by atoms with Crippen molar-refractivity contribution in [1.82, 2.24) is 0 Å². The molecule has 9 atom stereocenters. The topological polar surface area (TPSA) is 67.8 Å². The minimum atomic E-state index is -4.34. The fourth-order valence-electron chi connectivity index (χ4n) is 11.8. The molecule has 0 aromatic carbocycles. The number of hydrogen-bond acceptors (Lipinski definition) is 5. The number of unbranched alkanes of at least 4 members (excludes halogenated alkanes) is 13. The molecule has 0 radical (unpaired) electrons. The van der Waals surface area contributed by atoms with Crippen LogP contribution in [0.4, 0.5) is 0 Å². The van der Waals surface area contributed by atoms with Crippen LogP contribution in [0.2, 0.25) is 0 Å². The van der Waals surface area contributed by atoms with Gasteiger partial charge in [-0.1, -0.05) is 156 Å². The molecule has 0 N–H and O–H groups in total. The van der Waals surface area contributed by atoms with Gasteiger partial charge in [-0.05, 0) is 111 Å². The Kier molecular flexibility index (Phi) is 22.0. The molecule has 4 aliphatic rings. The molecule has 53 heavy (non-hydrogen) atoms. The Labute approximate surface area is 340 Å². The Hall–Kier alpha value is 0.407. The molecular weight excluding hydrogens is 670 g/mol. The maximum absolute atomic E-state index is 12.8. The fraction of sp³-hybridized carbons (Fsp3) is 0.957. The zero-order chi connectivity index (χ0) is 37.5. The summed E-state index contributed by atoms with van der Waals surface area (Å²) in [6.07, 6.45) is 35.1. The van der Waals surface area contributed by atoms with Crippen LogP contribution < -0.4 is 23.8 Å². The van der Waals surface area contributed by atoms with Crippen LogP contribution in [0.15, 0.2) is 11.6 Å². The second kappa shape index (κ2) is 24.4. The molecule has 304 valence electrons. The minimum absolute atomic E-state index is 0. The van der Waals surface area contributed by atoms with E-state index < -0.39 is 7.82 Å². The molecule has 0 amide bonds. The van der Waals surface area contributed by atoms with E-state index >= 15 is 0 Å². The smallest absolute Gasteiger partial charge is 0.756 e. The number of phosphoric ester groups is 1. The van der Waals surface area contributed by atoms with Crippen molar-refractivity contribution < 1.29 is 42.1 Å². The SMILES string of the molecule is CCCCCCCCCCCCCCCCOCCCOP(=O)([O-])O[C@H]1CC[C@@]2(C)C(=CC[C@H]3[C@@H]4CC[C@H]([C@H](C)CCCC(C)C)[C@@]4(C)CC[C@@H]32)C1.[Li+]. The Morgan fingerprint density at radius 2 is 1.38 bits per heavy atom. The molecule has 5 nitrogen and oxygen atoms in total. The van der Waals surface area contributed by atoms with E-state index in [4.69, 9.17) is 13.8 Å². The largest absolute Gasteiger partial charge is 1.00 e. The third-order valence-electron chi connectivity index (χ3n) is 14.9. The normalized spacial score (nSPS) is 31.2. The van der Waals surface area contributed by atoms with Crippen molar-refractivity contribution in [2.75, 3.05) is 19.8 Å². The van der Waals surface area contributed by atoms with Gasteiger partial charge in [0, 0.05) is 13.2 Å². The molecular formula is C46H84LiO5P.